The minimum Gasteiger partial charge on any atom is -0.483 e. The minimum absolute atomic E-state index is 0.239. The molecule has 0 fully saturated rings. The van der Waals surface area contributed by atoms with Gasteiger partial charge in [0.2, 0.25) is 0 Å². The van der Waals surface area contributed by atoms with Crippen LogP contribution in [0.3, 0.4) is 0 Å². The van der Waals surface area contributed by atoms with Crippen molar-refractivity contribution in [2.45, 2.75) is 6.92 Å². The van der Waals surface area contributed by atoms with Crippen LogP contribution in [0.4, 0.5) is 11.4 Å². The van der Waals surface area contributed by atoms with Crippen molar-refractivity contribution in [3.8, 4) is 17.2 Å². The van der Waals surface area contributed by atoms with E-state index in [2.05, 4.69) is 10.6 Å². The van der Waals surface area contributed by atoms with Gasteiger partial charge in [0.1, 0.15) is 17.2 Å². The highest BCUT2D eigenvalue weighted by Gasteiger charge is 2.14. The van der Waals surface area contributed by atoms with Crippen LogP contribution in [0.25, 0.3) is 0 Å². The lowest BCUT2D eigenvalue weighted by Crippen LogP contribution is -2.21. The van der Waals surface area contributed by atoms with Crippen LogP contribution in [0.1, 0.15) is 15.9 Å². The van der Waals surface area contributed by atoms with Gasteiger partial charge < -0.3 is 20.1 Å². The molecule has 2 amide bonds. The Kier molecular flexibility index (Phi) is 7.20. The van der Waals surface area contributed by atoms with Crippen LogP contribution in [0.2, 0.25) is 0 Å². The molecule has 4 rings (SSSR count). The Labute approximate surface area is 198 Å². The van der Waals surface area contributed by atoms with E-state index in [-0.39, 0.29) is 18.4 Å². The van der Waals surface area contributed by atoms with Gasteiger partial charge in [-0.3, -0.25) is 9.59 Å². The molecule has 170 valence electrons. The molecule has 0 aliphatic carbocycles. The van der Waals surface area contributed by atoms with Crippen molar-refractivity contribution in [1.29, 1.82) is 0 Å². The molecule has 0 saturated heterocycles. The average Bonchev–Trinajstić information content (AvgIpc) is 2.86. The van der Waals surface area contributed by atoms with Gasteiger partial charge in [0.25, 0.3) is 11.8 Å². The van der Waals surface area contributed by atoms with Crippen LogP contribution in [-0.4, -0.2) is 18.4 Å². The lowest BCUT2D eigenvalue weighted by atomic mass is 10.2. The zero-order valence-electron chi connectivity index (χ0n) is 18.7. The topological polar surface area (TPSA) is 76.7 Å². The van der Waals surface area contributed by atoms with E-state index in [4.69, 9.17) is 9.47 Å². The van der Waals surface area contributed by atoms with Crippen molar-refractivity contribution in [3.63, 3.8) is 0 Å². The number of rotatable bonds is 8. The predicted molar refractivity (Wildman–Crippen MR) is 133 cm³/mol. The fourth-order valence-electron chi connectivity index (χ4n) is 3.19. The lowest BCUT2D eigenvalue weighted by molar-refractivity contribution is -0.118. The number of hydrogen-bond acceptors (Lipinski definition) is 4. The highest BCUT2D eigenvalue weighted by atomic mass is 16.5. The molecule has 0 saturated carbocycles. The Bertz CT molecular complexity index is 1250. The molecule has 6 nitrogen and oxygen atoms in total. The van der Waals surface area contributed by atoms with Crippen molar-refractivity contribution >= 4 is 23.2 Å². The highest BCUT2D eigenvalue weighted by molar-refractivity contribution is 6.06. The zero-order valence-corrected chi connectivity index (χ0v) is 18.7. The molecule has 4 aromatic carbocycles. The second-order valence-electron chi connectivity index (χ2n) is 7.59. The maximum absolute atomic E-state index is 12.6. The van der Waals surface area contributed by atoms with Gasteiger partial charge in [-0.1, -0.05) is 48.0 Å². The molecule has 2 N–H and O–H groups in total. The summed E-state index contributed by atoms with van der Waals surface area (Å²) in [4.78, 5) is 25.0. The summed E-state index contributed by atoms with van der Waals surface area (Å²) < 4.78 is 11.4. The third-order valence-electron chi connectivity index (χ3n) is 4.92. The van der Waals surface area contributed by atoms with E-state index < -0.39 is 0 Å². The molecule has 0 unspecified atom stereocenters. The monoisotopic (exact) mass is 452 g/mol. The van der Waals surface area contributed by atoms with E-state index >= 15 is 0 Å². The third-order valence-corrected chi connectivity index (χ3v) is 4.92. The maximum atomic E-state index is 12.6. The summed E-state index contributed by atoms with van der Waals surface area (Å²) in [6.07, 6.45) is 0. The molecular formula is C28H24N2O4. The lowest BCUT2D eigenvalue weighted by Gasteiger charge is -2.12. The van der Waals surface area contributed by atoms with Gasteiger partial charge >= 0.3 is 0 Å². The first-order valence-electron chi connectivity index (χ1n) is 10.8. The number of amides is 2. The van der Waals surface area contributed by atoms with Gasteiger partial charge in [-0.05, 0) is 67.6 Å². The number of carbonyl (C=O) groups excluding carboxylic acids is 2. The van der Waals surface area contributed by atoms with Gasteiger partial charge in [0, 0.05) is 11.4 Å². The summed E-state index contributed by atoms with van der Waals surface area (Å²) in [5.74, 6) is 1.08. The summed E-state index contributed by atoms with van der Waals surface area (Å²) >= 11 is 0. The smallest absolute Gasteiger partial charge is 0.262 e. The number of hydrogen-bond donors (Lipinski definition) is 2. The van der Waals surface area contributed by atoms with Crippen LogP contribution < -0.4 is 20.1 Å². The first kappa shape index (κ1) is 22.6. The van der Waals surface area contributed by atoms with Gasteiger partial charge in [-0.2, -0.15) is 0 Å². The number of nitrogens with one attached hydrogen (secondary N) is 2. The molecule has 0 atom stereocenters. The predicted octanol–water partition coefficient (Wildman–Crippen LogP) is 6.06. The number of para-hydroxylation sites is 2. The molecule has 0 radical (unpaired) electrons. The minimum atomic E-state index is -0.342. The molecule has 34 heavy (non-hydrogen) atoms. The normalized spacial score (nSPS) is 10.3. The van der Waals surface area contributed by atoms with Crippen molar-refractivity contribution in [2.75, 3.05) is 17.2 Å². The van der Waals surface area contributed by atoms with Crippen molar-refractivity contribution in [1.82, 2.24) is 0 Å². The molecule has 0 aliphatic rings. The second-order valence-corrected chi connectivity index (χ2v) is 7.59. The molecular weight excluding hydrogens is 428 g/mol. The third kappa shape index (κ3) is 6.23. The van der Waals surface area contributed by atoms with Crippen molar-refractivity contribution in [2.24, 2.45) is 0 Å². The fraction of sp³-hybridized carbons (Fsp3) is 0.0714. The number of benzene rings is 4. The number of aryl methyl sites for hydroxylation is 1. The van der Waals surface area contributed by atoms with E-state index in [0.29, 0.717) is 28.4 Å². The summed E-state index contributed by atoms with van der Waals surface area (Å²) in [6, 6.07) is 30.8. The summed E-state index contributed by atoms with van der Waals surface area (Å²) in [5, 5.41) is 5.60. The summed E-state index contributed by atoms with van der Waals surface area (Å²) in [6.45, 7) is 1.78. The SMILES string of the molecule is Cc1ccc(Oc2ccc(NC(=O)COc3ccccc3C(=O)Nc3ccccc3)cc2)cc1. The van der Waals surface area contributed by atoms with Crippen LogP contribution in [0, 0.1) is 6.92 Å². The van der Waals surface area contributed by atoms with Crippen LogP contribution in [0.5, 0.6) is 17.2 Å². The summed E-state index contributed by atoms with van der Waals surface area (Å²) in [5.41, 5.74) is 2.79. The number of ether oxygens (including phenoxy) is 2. The standard InChI is InChI=1S/C28H24N2O4/c1-20-11-15-23(16-12-20)34-24-17-13-22(14-18-24)29-27(31)19-33-26-10-6-5-9-25(26)28(32)30-21-7-3-2-4-8-21/h2-18H,19H2,1H3,(H,29,31)(H,30,32). The molecule has 6 heteroatoms. The fourth-order valence-corrected chi connectivity index (χ4v) is 3.19. The average molecular weight is 453 g/mol. The van der Waals surface area contributed by atoms with Gasteiger partial charge in [-0.25, -0.2) is 0 Å². The Morgan fingerprint density at radius 2 is 1.26 bits per heavy atom. The van der Waals surface area contributed by atoms with E-state index in [9.17, 15) is 9.59 Å². The molecule has 0 heterocycles. The largest absolute Gasteiger partial charge is 0.483 e. The quantitative estimate of drug-likeness (QED) is 0.341. The van der Waals surface area contributed by atoms with Gasteiger partial charge in [0.05, 0.1) is 5.56 Å². The van der Waals surface area contributed by atoms with Crippen molar-refractivity contribution in [3.05, 3.63) is 114 Å². The van der Waals surface area contributed by atoms with E-state index in [1.807, 2.05) is 49.4 Å². The van der Waals surface area contributed by atoms with Crippen LogP contribution >= 0.6 is 0 Å². The summed E-state index contributed by atoms with van der Waals surface area (Å²) in [7, 11) is 0. The van der Waals surface area contributed by atoms with Gasteiger partial charge in [0.15, 0.2) is 6.61 Å². The molecule has 4 aromatic rings. The van der Waals surface area contributed by atoms with Crippen LogP contribution in [0.15, 0.2) is 103 Å². The molecule has 0 aromatic heterocycles. The van der Waals surface area contributed by atoms with E-state index in [1.165, 1.54) is 0 Å². The van der Waals surface area contributed by atoms with E-state index in [1.54, 1.807) is 60.7 Å². The Morgan fingerprint density at radius 3 is 1.97 bits per heavy atom. The molecule has 0 bridgehead atoms. The highest BCUT2D eigenvalue weighted by Crippen LogP contribution is 2.24. The van der Waals surface area contributed by atoms with Gasteiger partial charge in [-0.15, -0.1) is 0 Å². The Hall–Kier alpha value is -4.58. The Balaban J connectivity index is 1.32. The maximum Gasteiger partial charge on any atom is 0.262 e. The number of anilines is 2. The Morgan fingerprint density at radius 1 is 0.676 bits per heavy atom. The zero-order chi connectivity index (χ0) is 23.8. The molecule has 0 aliphatic heterocycles. The first-order valence-corrected chi connectivity index (χ1v) is 10.8. The van der Waals surface area contributed by atoms with Crippen molar-refractivity contribution < 1.29 is 19.1 Å². The number of carbonyl (C=O) groups is 2. The van der Waals surface area contributed by atoms with Crippen LogP contribution in [-0.2, 0) is 4.79 Å². The first-order chi connectivity index (χ1) is 16.6. The second kappa shape index (κ2) is 10.8. The molecule has 0 spiro atoms. The van der Waals surface area contributed by atoms with E-state index in [0.717, 1.165) is 11.3 Å².